The number of hydrogen-bond acceptors (Lipinski definition) is 2. The maximum atomic E-state index is 10.6. The standard InChI is InChI=1S/C19H14ClNO/c20-17-7-5-16-6-9-18(21-19(16)13-17)8-4-14-2-1-3-15(12-14)10-11-22/h1-9,11-13H,10H2/b8-4+. The van der Waals surface area contributed by atoms with Gasteiger partial charge in [-0.2, -0.15) is 0 Å². The third-order valence-electron chi connectivity index (χ3n) is 3.39. The van der Waals surface area contributed by atoms with E-state index in [-0.39, 0.29) is 0 Å². The minimum atomic E-state index is 0.439. The molecule has 0 amide bonds. The lowest BCUT2D eigenvalue weighted by molar-refractivity contribution is -0.107. The maximum absolute atomic E-state index is 10.6. The van der Waals surface area contributed by atoms with Crippen LogP contribution in [-0.2, 0) is 11.2 Å². The average Bonchev–Trinajstić information content (AvgIpc) is 2.53. The first-order valence-corrected chi connectivity index (χ1v) is 7.39. The number of hydrogen-bond donors (Lipinski definition) is 0. The lowest BCUT2D eigenvalue weighted by atomic mass is 10.1. The minimum absolute atomic E-state index is 0.439. The van der Waals surface area contributed by atoms with Gasteiger partial charge in [-0.3, -0.25) is 0 Å². The second-order valence-corrected chi connectivity index (χ2v) is 5.46. The van der Waals surface area contributed by atoms with Crippen LogP contribution in [0.3, 0.4) is 0 Å². The highest BCUT2D eigenvalue weighted by molar-refractivity contribution is 6.31. The van der Waals surface area contributed by atoms with E-state index in [1.165, 1.54) is 0 Å². The molecule has 108 valence electrons. The van der Waals surface area contributed by atoms with E-state index in [0.717, 1.165) is 34.0 Å². The topological polar surface area (TPSA) is 30.0 Å². The molecule has 0 spiro atoms. The summed E-state index contributed by atoms with van der Waals surface area (Å²) >= 11 is 6.00. The van der Waals surface area contributed by atoms with Crippen molar-refractivity contribution in [3.8, 4) is 0 Å². The van der Waals surface area contributed by atoms with Gasteiger partial charge in [-0.15, -0.1) is 0 Å². The number of rotatable bonds is 4. The van der Waals surface area contributed by atoms with Crippen molar-refractivity contribution in [1.29, 1.82) is 0 Å². The molecule has 0 aliphatic heterocycles. The Morgan fingerprint density at radius 2 is 1.86 bits per heavy atom. The van der Waals surface area contributed by atoms with Crippen LogP contribution in [0.4, 0.5) is 0 Å². The van der Waals surface area contributed by atoms with Crippen LogP contribution in [0.15, 0.2) is 54.6 Å². The van der Waals surface area contributed by atoms with E-state index in [0.29, 0.717) is 11.4 Å². The van der Waals surface area contributed by atoms with Crippen molar-refractivity contribution in [2.45, 2.75) is 6.42 Å². The van der Waals surface area contributed by atoms with Crippen LogP contribution >= 0.6 is 11.6 Å². The third-order valence-corrected chi connectivity index (χ3v) is 3.63. The van der Waals surface area contributed by atoms with Gasteiger partial charge in [0.05, 0.1) is 11.2 Å². The summed E-state index contributed by atoms with van der Waals surface area (Å²) in [4.78, 5) is 15.2. The quantitative estimate of drug-likeness (QED) is 0.648. The molecule has 0 aliphatic carbocycles. The van der Waals surface area contributed by atoms with Gasteiger partial charge in [0, 0.05) is 16.8 Å². The van der Waals surface area contributed by atoms with Gasteiger partial charge >= 0.3 is 0 Å². The molecule has 3 rings (SSSR count). The first kappa shape index (κ1) is 14.5. The highest BCUT2D eigenvalue weighted by Crippen LogP contribution is 2.19. The molecule has 2 nitrogen and oxygen atoms in total. The Kier molecular flexibility index (Phi) is 4.31. The van der Waals surface area contributed by atoms with Gasteiger partial charge in [-0.05, 0) is 35.4 Å². The van der Waals surface area contributed by atoms with Crippen LogP contribution in [0.5, 0.6) is 0 Å². The van der Waals surface area contributed by atoms with Crippen LogP contribution in [0.1, 0.15) is 16.8 Å². The Bertz CT molecular complexity index is 855. The van der Waals surface area contributed by atoms with Crippen molar-refractivity contribution >= 4 is 40.9 Å². The van der Waals surface area contributed by atoms with Gasteiger partial charge in [0.2, 0.25) is 0 Å². The fourth-order valence-corrected chi connectivity index (χ4v) is 2.47. The highest BCUT2D eigenvalue weighted by Gasteiger charge is 1.98. The molecule has 0 fully saturated rings. The molecule has 0 N–H and O–H groups in total. The maximum Gasteiger partial charge on any atom is 0.124 e. The summed E-state index contributed by atoms with van der Waals surface area (Å²) in [7, 11) is 0. The normalized spacial score (nSPS) is 11.1. The zero-order chi connectivity index (χ0) is 15.4. The molecular formula is C19H14ClNO. The van der Waals surface area contributed by atoms with Gasteiger partial charge in [0.15, 0.2) is 0 Å². The van der Waals surface area contributed by atoms with E-state index in [2.05, 4.69) is 4.98 Å². The smallest absolute Gasteiger partial charge is 0.124 e. The molecule has 0 aliphatic rings. The van der Waals surface area contributed by atoms with Crippen molar-refractivity contribution < 1.29 is 4.79 Å². The monoisotopic (exact) mass is 307 g/mol. The number of aromatic nitrogens is 1. The van der Waals surface area contributed by atoms with Crippen molar-refractivity contribution in [3.05, 3.63) is 76.4 Å². The van der Waals surface area contributed by atoms with E-state index < -0.39 is 0 Å². The van der Waals surface area contributed by atoms with Gasteiger partial charge in [-0.1, -0.05) is 54.1 Å². The second-order valence-electron chi connectivity index (χ2n) is 5.02. The van der Waals surface area contributed by atoms with Crippen LogP contribution in [0.2, 0.25) is 5.02 Å². The predicted octanol–water partition coefficient (Wildman–Crippen LogP) is 4.80. The number of pyridine rings is 1. The number of aldehydes is 1. The molecule has 3 heteroatoms. The van der Waals surface area contributed by atoms with Crippen LogP contribution in [-0.4, -0.2) is 11.3 Å². The largest absolute Gasteiger partial charge is 0.303 e. The molecule has 0 saturated carbocycles. The summed E-state index contributed by atoms with van der Waals surface area (Å²) in [5.74, 6) is 0. The van der Waals surface area contributed by atoms with Crippen LogP contribution < -0.4 is 0 Å². The Morgan fingerprint density at radius 3 is 2.73 bits per heavy atom. The average molecular weight is 308 g/mol. The molecule has 1 aromatic heterocycles. The number of nitrogens with zero attached hydrogens (tertiary/aromatic N) is 1. The number of halogens is 1. The minimum Gasteiger partial charge on any atom is -0.303 e. The third kappa shape index (κ3) is 3.41. The lowest BCUT2D eigenvalue weighted by Crippen LogP contribution is -1.86. The zero-order valence-corrected chi connectivity index (χ0v) is 12.6. The van der Waals surface area contributed by atoms with Crippen molar-refractivity contribution in [1.82, 2.24) is 4.98 Å². The van der Waals surface area contributed by atoms with Crippen molar-refractivity contribution in [2.75, 3.05) is 0 Å². The molecule has 1 heterocycles. The van der Waals surface area contributed by atoms with Crippen LogP contribution in [0, 0.1) is 0 Å². The van der Waals surface area contributed by atoms with E-state index in [9.17, 15) is 4.79 Å². The summed E-state index contributed by atoms with van der Waals surface area (Å²) in [6.45, 7) is 0. The van der Waals surface area contributed by atoms with Gasteiger partial charge in [0.25, 0.3) is 0 Å². The molecule has 22 heavy (non-hydrogen) atoms. The molecule has 0 atom stereocenters. The van der Waals surface area contributed by atoms with Gasteiger partial charge in [-0.25, -0.2) is 4.98 Å². The lowest BCUT2D eigenvalue weighted by Gasteiger charge is -2.00. The summed E-state index contributed by atoms with van der Waals surface area (Å²) in [5.41, 5.74) is 3.81. The molecule has 0 radical (unpaired) electrons. The summed E-state index contributed by atoms with van der Waals surface area (Å²) in [6, 6.07) is 17.6. The van der Waals surface area contributed by atoms with Crippen molar-refractivity contribution in [3.63, 3.8) is 0 Å². The van der Waals surface area contributed by atoms with Crippen molar-refractivity contribution in [2.24, 2.45) is 0 Å². The fraction of sp³-hybridized carbons (Fsp3) is 0.0526. The zero-order valence-electron chi connectivity index (χ0n) is 11.9. The Labute approximate surface area is 134 Å². The molecule has 2 aromatic carbocycles. The van der Waals surface area contributed by atoms with E-state index in [4.69, 9.17) is 11.6 Å². The molecule has 0 unspecified atom stereocenters. The second kappa shape index (κ2) is 6.54. The van der Waals surface area contributed by atoms with E-state index in [1.807, 2.05) is 66.7 Å². The number of fused-ring (bicyclic) bond motifs is 1. The number of carbonyl (C=O) groups excluding carboxylic acids is 1. The molecule has 0 bridgehead atoms. The Morgan fingerprint density at radius 1 is 1.00 bits per heavy atom. The Hall–Kier alpha value is -2.45. The number of carbonyl (C=O) groups is 1. The van der Waals surface area contributed by atoms with Gasteiger partial charge < -0.3 is 4.79 Å². The molecular weight excluding hydrogens is 294 g/mol. The summed E-state index contributed by atoms with van der Waals surface area (Å²) in [6.07, 6.45) is 5.30. The van der Waals surface area contributed by atoms with E-state index in [1.54, 1.807) is 0 Å². The SMILES string of the molecule is O=CCc1cccc(/C=C/c2ccc3ccc(Cl)cc3n2)c1. The van der Waals surface area contributed by atoms with Gasteiger partial charge in [0.1, 0.15) is 6.29 Å². The highest BCUT2D eigenvalue weighted by atomic mass is 35.5. The van der Waals surface area contributed by atoms with E-state index >= 15 is 0 Å². The predicted molar refractivity (Wildman–Crippen MR) is 91.9 cm³/mol. The first-order valence-electron chi connectivity index (χ1n) is 7.01. The van der Waals surface area contributed by atoms with Crippen LogP contribution in [0.25, 0.3) is 23.1 Å². The molecule has 3 aromatic rings. The Balaban J connectivity index is 1.88. The summed E-state index contributed by atoms with van der Waals surface area (Å²) < 4.78 is 0. The fourth-order valence-electron chi connectivity index (χ4n) is 2.30. The first-order chi connectivity index (χ1) is 10.7. The molecule has 0 saturated heterocycles. The number of benzene rings is 2. The summed E-state index contributed by atoms with van der Waals surface area (Å²) in [5, 5.41) is 1.75.